The molecule has 4 rings (SSSR count). The third-order valence-electron chi connectivity index (χ3n) is 6.47. The van der Waals surface area contributed by atoms with Gasteiger partial charge in [-0.15, -0.1) is 0 Å². The van der Waals surface area contributed by atoms with Crippen LogP contribution in [-0.2, 0) is 18.4 Å². The van der Waals surface area contributed by atoms with Crippen LogP contribution in [0.2, 0.25) is 0 Å². The van der Waals surface area contributed by atoms with Crippen LogP contribution < -0.4 is 4.74 Å². The average molecular weight is 428 g/mol. The molecule has 2 aliphatic carbocycles. The Morgan fingerprint density at radius 1 is 1.16 bits per heavy atom. The molecule has 0 radical (unpaired) electrons. The SMILES string of the molecule is Cc1nc(-c2cnn(C)c2COC(=O)N(C)CC2CCC2)cnc1OC1CCCCC1. The van der Waals surface area contributed by atoms with E-state index in [4.69, 9.17) is 14.5 Å². The molecule has 0 aliphatic heterocycles. The Bertz CT molecular complexity index is 903. The largest absolute Gasteiger partial charge is 0.473 e. The Balaban J connectivity index is 1.41. The van der Waals surface area contributed by atoms with E-state index in [1.54, 1.807) is 29.0 Å². The second-order valence-corrected chi connectivity index (χ2v) is 8.88. The van der Waals surface area contributed by atoms with Gasteiger partial charge < -0.3 is 14.4 Å². The van der Waals surface area contributed by atoms with Crippen molar-refractivity contribution in [1.29, 1.82) is 0 Å². The van der Waals surface area contributed by atoms with Crippen molar-refractivity contribution in [2.24, 2.45) is 13.0 Å². The van der Waals surface area contributed by atoms with Crippen molar-refractivity contribution in [3.05, 3.63) is 23.8 Å². The van der Waals surface area contributed by atoms with Gasteiger partial charge in [-0.2, -0.15) is 5.10 Å². The number of hydrogen-bond donors (Lipinski definition) is 0. The van der Waals surface area contributed by atoms with Crippen LogP contribution in [0.5, 0.6) is 5.88 Å². The summed E-state index contributed by atoms with van der Waals surface area (Å²) in [5.41, 5.74) is 3.07. The van der Waals surface area contributed by atoms with Crippen LogP contribution in [0.1, 0.15) is 62.8 Å². The van der Waals surface area contributed by atoms with Crippen molar-refractivity contribution >= 4 is 6.09 Å². The highest BCUT2D eigenvalue weighted by Gasteiger charge is 2.23. The highest BCUT2D eigenvalue weighted by atomic mass is 16.6. The van der Waals surface area contributed by atoms with Crippen molar-refractivity contribution < 1.29 is 14.3 Å². The van der Waals surface area contributed by atoms with Gasteiger partial charge in [0.05, 0.1) is 23.8 Å². The second-order valence-electron chi connectivity index (χ2n) is 8.88. The summed E-state index contributed by atoms with van der Waals surface area (Å²) in [4.78, 5) is 23.3. The Morgan fingerprint density at radius 2 is 1.94 bits per heavy atom. The highest BCUT2D eigenvalue weighted by molar-refractivity contribution is 5.68. The molecule has 0 spiro atoms. The lowest BCUT2D eigenvalue weighted by Crippen LogP contribution is -2.34. The molecule has 168 valence electrons. The maximum Gasteiger partial charge on any atom is 0.409 e. The quantitative estimate of drug-likeness (QED) is 0.656. The Labute approximate surface area is 184 Å². The first-order valence-corrected chi connectivity index (χ1v) is 11.4. The van der Waals surface area contributed by atoms with E-state index >= 15 is 0 Å². The molecule has 0 saturated heterocycles. The highest BCUT2D eigenvalue weighted by Crippen LogP contribution is 2.28. The molecule has 8 nitrogen and oxygen atoms in total. The van der Waals surface area contributed by atoms with Gasteiger partial charge in [0.25, 0.3) is 0 Å². The average Bonchev–Trinajstić information content (AvgIpc) is 3.11. The normalized spacial score (nSPS) is 17.3. The second kappa shape index (κ2) is 9.66. The van der Waals surface area contributed by atoms with Gasteiger partial charge in [-0.05, 0) is 51.4 Å². The fraction of sp³-hybridized carbons (Fsp3) is 0.652. The zero-order valence-corrected chi connectivity index (χ0v) is 18.8. The number of aryl methyl sites for hydroxylation is 2. The number of aromatic nitrogens is 4. The van der Waals surface area contributed by atoms with Crippen molar-refractivity contribution in [3.8, 4) is 17.1 Å². The molecular formula is C23H33N5O3. The minimum atomic E-state index is -0.308. The van der Waals surface area contributed by atoms with Crippen molar-refractivity contribution in [2.45, 2.75) is 71.0 Å². The molecule has 2 heterocycles. The lowest BCUT2D eigenvalue weighted by Gasteiger charge is -2.29. The van der Waals surface area contributed by atoms with Crippen LogP contribution in [0.15, 0.2) is 12.4 Å². The standard InChI is InChI=1S/C23H33N5O3/c1-16-22(31-18-10-5-4-6-11-18)24-13-20(26-16)19-12-25-28(3)21(19)15-30-23(29)27(2)14-17-8-7-9-17/h12-13,17-18H,4-11,14-15H2,1-3H3. The van der Waals surface area contributed by atoms with E-state index in [-0.39, 0.29) is 18.8 Å². The molecule has 2 saturated carbocycles. The molecule has 2 aromatic rings. The fourth-order valence-corrected chi connectivity index (χ4v) is 4.28. The first-order valence-electron chi connectivity index (χ1n) is 11.4. The summed E-state index contributed by atoms with van der Waals surface area (Å²) in [5, 5.41) is 4.34. The number of hydrogen-bond acceptors (Lipinski definition) is 6. The molecule has 0 atom stereocenters. The van der Waals surface area contributed by atoms with Crippen molar-refractivity contribution in [3.63, 3.8) is 0 Å². The third-order valence-corrected chi connectivity index (χ3v) is 6.47. The van der Waals surface area contributed by atoms with E-state index in [1.165, 1.54) is 38.5 Å². The zero-order chi connectivity index (χ0) is 21.8. The van der Waals surface area contributed by atoms with Gasteiger partial charge in [-0.25, -0.2) is 14.8 Å². The predicted octanol–water partition coefficient (Wildman–Crippen LogP) is 4.27. The molecule has 1 amide bonds. The summed E-state index contributed by atoms with van der Waals surface area (Å²) < 4.78 is 13.4. The molecule has 0 N–H and O–H groups in total. The first kappa shape index (κ1) is 21.6. The van der Waals surface area contributed by atoms with Crippen LogP contribution in [0, 0.1) is 12.8 Å². The van der Waals surface area contributed by atoms with Gasteiger partial charge in [-0.3, -0.25) is 4.68 Å². The minimum Gasteiger partial charge on any atom is -0.473 e. The van der Waals surface area contributed by atoms with Crippen molar-refractivity contribution in [2.75, 3.05) is 13.6 Å². The van der Waals surface area contributed by atoms with Crippen LogP contribution in [-0.4, -0.2) is 50.4 Å². The number of nitrogens with zero attached hydrogens (tertiary/aromatic N) is 5. The summed E-state index contributed by atoms with van der Waals surface area (Å²) in [7, 11) is 3.64. The minimum absolute atomic E-state index is 0.140. The van der Waals surface area contributed by atoms with E-state index in [0.717, 1.165) is 36.3 Å². The molecule has 2 fully saturated rings. The summed E-state index contributed by atoms with van der Waals surface area (Å²) in [6, 6.07) is 0. The number of carbonyl (C=O) groups excluding carboxylic acids is 1. The topological polar surface area (TPSA) is 82.4 Å². The monoisotopic (exact) mass is 427 g/mol. The van der Waals surface area contributed by atoms with E-state index < -0.39 is 0 Å². The van der Waals surface area contributed by atoms with Gasteiger partial charge in [0.2, 0.25) is 5.88 Å². The molecule has 0 aromatic carbocycles. The Hall–Kier alpha value is -2.64. The maximum absolute atomic E-state index is 12.4. The molecular weight excluding hydrogens is 394 g/mol. The molecule has 2 aliphatic rings. The number of rotatable bonds is 7. The molecule has 0 unspecified atom stereocenters. The van der Waals surface area contributed by atoms with Gasteiger partial charge in [0.15, 0.2) is 0 Å². The number of ether oxygens (including phenoxy) is 2. The summed E-state index contributed by atoms with van der Waals surface area (Å²) in [6.45, 7) is 2.81. The number of carbonyl (C=O) groups is 1. The van der Waals surface area contributed by atoms with E-state index in [9.17, 15) is 4.79 Å². The van der Waals surface area contributed by atoms with Crippen LogP contribution >= 0.6 is 0 Å². The Kier molecular flexibility index (Phi) is 6.73. The Morgan fingerprint density at radius 3 is 2.61 bits per heavy atom. The third kappa shape index (κ3) is 5.17. The van der Waals surface area contributed by atoms with Crippen LogP contribution in [0.4, 0.5) is 4.79 Å². The molecule has 8 heteroatoms. The van der Waals surface area contributed by atoms with E-state index in [0.29, 0.717) is 17.5 Å². The molecule has 0 bridgehead atoms. The lowest BCUT2D eigenvalue weighted by atomic mass is 9.85. The maximum atomic E-state index is 12.4. The van der Waals surface area contributed by atoms with Crippen molar-refractivity contribution in [1.82, 2.24) is 24.6 Å². The van der Waals surface area contributed by atoms with Gasteiger partial charge >= 0.3 is 6.09 Å². The first-order chi connectivity index (χ1) is 15.0. The number of amides is 1. The van der Waals surface area contributed by atoms with Gasteiger partial charge in [0, 0.05) is 26.2 Å². The molecule has 31 heavy (non-hydrogen) atoms. The van der Waals surface area contributed by atoms with E-state index in [2.05, 4.69) is 10.1 Å². The summed E-state index contributed by atoms with van der Waals surface area (Å²) in [5.74, 6) is 1.21. The predicted molar refractivity (Wildman–Crippen MR) is 117 cm³/mol. The zero-order valence-electron chi connectivity index (χ0n) is 18.8. The lowest BCUT2D eigenvalue weighted by molar-refractivity contribution is 0.0913. The summed E-state index contributed by atoms with van der Waals surface area (Å²) >= 11 is 0. The fourth-order valence-electron chi connectivity index (χ4n) is 4.28. The van der Waals surface area contributed by atoms with Crippen LogP contribution in [0.25, 0.3) is 11.3 Å². The van der Waals surface area contributed by atoms with Crippen LogP contribution in [0.3, 0.4) is 0 Å². The smallest absolute Gasteiger partial charge is 0.409 e. The van der Waals surface area contributed by atoms with Gasteiger partial charge in [0.1, 0.15) is 18.4 Å². The van der Waals surface area contributed by atoms with E-state index in [1.807, 2.05) is 14.0 Å². The van der Waals surface area contributed by atoms with Gasteiger partial charge in [-0.1, -0.05) is 12.8 Å². The summed E-state index contributed by atoms with van der Waals surface area (Å²) in [6.07, 6.45) is 12.9. The molecule has 2 aromatic heterocycles.